The number of nitrogens with zero attached hydrogens (tertiary/aromatic N) is 1. The lowest BCUT2D eigenvalue weighted by Crippen LogP contribution is -2.15. The monoisotopic (exact) mass is 282 g/mol. The Bertz CT molecular complexity index is 431. The summed E-state index contributed by atoms with van der Waals surface area (Å²) in [6, 6.07) is 4.61. The van der Waals surface area contributed by atoms with E-state index in [1.54, 1.807) is 6.07 Å². The van der Waals surface area contributed by atoms with Crippen LogP contribution in [0.4, 0.5) is 11.4 Å². The van der Waals surface area contributed by atoms with E-state index in [1.165, 1.54) is 19.2 Å². The Morgan fingerprint density at radius 2 is 2.15 bits per heavy atom. The molecule has 112 valence electrons. The number of nitro benzene ring substituents is 1. The molecule has 6 heteroatoms. The van der Waals surface area contributed by atoms with Gasteiger partial charge in [0.1, 0.15) is 5.75 Å². The molecule has 0 radical (unpaired) electrons. The highest BCUT2D eigenvalue weighted by atomic mass is 16.6. The molecule has 20 heavy (non-hydrogen) atoms. The molecule has 0 saturated carbocycles. The summed E-state index contributed by atoms with van der Waals surface area (Å²) in [5.74, 6) is 0.811. The highest BCUT2D eigenvalue weighted by molar-refractivity contribution is 5.56. The van der Waals surface area contributed by atoms with E-state index < -0.39 is 4.92 Å². The smallest absolute Gasteiger partial charge is 0.275 e. The molecule has 0 amide bonds. The summed E-state index contributed by atoms with van der Waals surface area (Å²) in [5.41, 5.74) is 0.663. The minimum Gasteiger partial charge on any atom is -0.496 e. The first-order valence-corrected chi connectivity index (χ1v) is 6.78. The average Bonchev–Trinajstić information content (AvgIpc) is 2.44. The van der Waals surface area contributed by atoms with Crippen LogP contribution in [-0.2, 0) is 0 Å². The van der Waals surface area contributed by atoms with Gasteiger partial charge in [-0.25, -0.2) is 0 Å². The van der Waals surface area contributed by atoms with Crippen molar-refractivity contribution in [2.24, 2.45) is 5.92 Å². The Balaban J connectivity index is 2.75. The number of rotatable bonds is 9. The van der Waals surface area contributed by atoms with Crippen LogP contribution in [0.15, 0.2) is 18.2 Å². The zero-order chi connectivity index (χ0) is 15.0. The first-order valence-electron chi connectivity index (χ1n) is 6.78. The van der Waals surface area contributed by atoms with E-state index in [9.17, 15) is 10.1 Å². The number of nitrogens with one attached hydrogen (secondary N) is 1. The van der Waals surface area contributed by atoms with Crippen molar-refractivity contribution in [1.29, 1.82) is 0 Å². The van der Waals surface area contributed by atoms with Crippen LogP contribution in [0.2, 0.25) is 0 Å². The summed E-state index contributed by atoms with van der Waals surface area (Å²) in [5, 5.41) is 23.1. The van der Waals surface area contributed by atoms with Gasteiger partial charge in [-0.2, -0.15) is 0 Å². The third kappa shape index (κ3) is 5.05. The maximum atomic E-state index is 10.9. The molecule has 1 aromatic rings. The third-order valence-corrected chi connectivity index (χ3v) is 3.17. The fourth-order valence-corrected chi connectivity index (χ4v) is 2.11. The predicted octanol–water partition coefficient (Wildman–Crippen LogP) is 2.81. The van der Waals surface area contributed by atoms with Crippen LogP contribution < -0.4 is 10.1 Å². The summed E-state index contributed by atoms with van der Waals surface area (Å²) < 4.78 is 5.06. The number of anilines is 1. The number of hydrogen-bond donors (Lipinski definition) is 2. The van der Waals surface area contributed by atoms with Crippen LogP contribution in [0, 0.1) is 16.0 Å². The molecule has 1 aromatic carbocycles. The number of benzene rings is 1. The van der Waals surface area contributed by atoms with Gasteiger partial charge in [0.2, 0.25) is 0 Å². The molecule has 1 rings (SSSR count). The van der Waals surface area contributed by atoms with E-state index in [0.29, 0.717) is 23.9 Å². The first-order chi connectivity index (χ1) is 9.60. The fraction of sp³-hybridized carbons (Fsp3) is 0.571. The van der Waals surface area contributed by atoms with Gasteiger partial charge in [-0.05, 0) is 18.8 Å². The van der Waals surface area contributed by atoms with Crippen molar-refractivity contribution < 1.29 is 14.8 Å². The van der Waals surface area contributed by atoms with Gasteiger partial charge in [0.05, 0.1) is 18.1 Å². The van der Waals surface area contributed by atoms with Crippen LogP contribution in [-0.4, -0.2) is 30.3 Å². The number of hydrogen-bond acceptors (Lipinski definition) is 5. The molecule has 0 aliphatic rings. The predicted molar refractivity (Wildman–Crippen MR) is 78.2 cm³/mol. The van der Waals surface area contributed by atoms with Gasteiger partial charge in [-0.3, -0.25) is 10.1 Å². The fourth-order valence-electron chi connectivity index (χ4n) is 2.11. The van der Waals surface area contributed by atoms with E-state index in [2.05, 4.69) is 12.2 Å². The maximum Gasteiger partial charge on any atom is 0.275 e. The minimum absolute atomic E-state index is 0.000972. The highest BCUT2D eigenvalue weighted by Gasteiger charge is 2.12. The first kappa shape index (κ1) is 16.2. The standard InChI is InChI=1S/C14H22N2O4/c1-3-4-11(5-6-17)10-15-12-7-13(16(18)19)9-14(8-12)20-2/h7-9,11,15,17H,3-6,10H2,1-2H3. The van der Waals surface area contributed by atoms with E-state index >= 15 is 0 Å². The van der Waals surface area contributed by atoms with Crippen molar-refractivity contribution >= 4 is 11.4 Å². The van der Waals surface area contributed by atoms with Gasteiger partial charge in [0.15, 0.2) is 0 Å². The van der Waals surface area contributed by atoms with Gasteiger partial charge >= 0.3 is 0 Å². The normalized spacial score (nSPS) is 11.9. The number of nitro groups is 1. The van der Waals surface area contributed by atoms with Gasteiger partial charge in [0, 0.05) is 31.0 Å². The largest absolute Gasteiger partial charge is 0.496 e. The van der Waals surface area contributed by atoms with Crippen LogP contribution >= 0.6 is 0 Å². The molecule has 0 aromatic heterocycles. The second-order valence-electron chi connectivity index (χ2n) is 4.72. The Morgan fingerprint density at radius 3 is 2.70 bits per heavy atom. The SMILES string of the molecule is CCCC(CCO)CNc1cc(OC)cc([N+](=O)[O-])c1. The Morgan fingerprint density at radius 1 is 1.40 bits per heavy atom. The molecule has 1 unspecified atom stereocenters. The van der Waals surface area contributed by atoms with Gasteiger partial charge < -0.3 is 15.2 Å². The molecular weight excluding hydrogens is 260 g/mol. The lowest BCUT2D eigenvalue weighted by atomic mass is 10.00. The zero-order valence-corrected chi connectivity index (χ0v) is 12.0. The van der Waals surface area contributed by atoms with Gasteiger partial charge in [-0.15, -0.1) is 0 Å². The molecule has 0 bridgehead atoms. The Kier molecular flexibility index (Phi) is 6.79. The summed E-state index contributed by atoms with van der Waals surface area (Å²) in [6.45, 7) is 2.93. The Labute approximate surface area is 118 Å². The number of methoxy groups -OCH3 is 1. The quantitative estimate of drug-likeness (QED) is 0.537. The van der Waals surface area contributed by atoms with E-state index in [1.807, 2.05) is 0 Å². The summed E-state index contributed by atoms with van der Waals surface area (Å²) in [6.07, 6.45) is 2.79. The zero-order valence-electron chi connectivity index (χ0n) is 12.0. The summed E-state index contributed by atoms with van der Waals surface area (Å²) in [4.78, 5) is 10.4. The molecule has 0 aliphatic carbocycles. The molecular formula is C14H22N2O4. The van der Waals surface area contributed by atoms with Crippen molar-refractivity contribution in [2.75, 3.05) is 25.6 Å². The topological polar surface area (TPSA) is 84.6 Å². The number of aliphatic hydroxyl groups is 1. The van der Waals surface area contributed by atoms with Crippen molar-refractivity contribution in [3.8, 4) is 5.75 Å². The summed E-state index contributed by atoms with van der Waals surface area (Å²) >= 11 is 0. The third-order valence-electron chi connectivity index (χ3n) is 3.17. The number of ether oxygens (including phenoxy) is 1. The second-order valence-corrected chi connectivity index (χ2v) is 4.72. The van der Waals surface area contributed by atoms with Gasteiger partial charge in [0.25, 0.3) is 5.69 Å². The van der Waals surface area contributed by atoms with Crippen molar-refractivity contribution in [1.82, 2.24) is 0 Å². The second kappa shape index (κ2) is 8.37. The minimum atomic E-state index is -0.440. The molecule has 0 aliphatic heterocycles. The molecule has 0 fully saturated rings. The number of aliphatic hydroxyl groups excluding tert-OH is 1. The lowest BCUT2D eigenvalue weighted by molar-refractivity contribution is -0.384. The molecule has 1 atom stereocenters. The van der Waals surface area contributed by atoms with E-state index in [4.69, 9.17) is 9.84 Å². The van der Waals surface area contributed by atoms with Crippen LogP contribution in [0.3, 0.4) is 0 Å². The van der Waals surface area contributed by atoms with Crippen molar-refractivity contribution in [2.45, 2.75) is 26.2 Å². The maximum absolute atomic E-state index is 10.9. The van der Waals surface area contributed by atoms with E-state index in [0.717, 1.165) is 19.3 Å². The molecule has 0 spiro atoms. The molecule has 2 N–H and O–H groups in total. The lowest BCUT2D eigenvalue weighted by Gasteiger charge is -2.16. The van der Waals surface area contributed by atoms with Crippen molar-refractivity contribution in [3.63, 3.8) is 0 Å². The molecule has 0 heterocycles. The molecule has 0 saturated heterocycles. The highest BCUT2D eigenvalue weighted by Crippen LogP contribution is 2.26. The van der Waals surface area contributed by atoms with Crippen LogP contribution in [0.25, 0.3) is 0 Å². The van der Waals surface area contributed by atoms with Gasteiger partial charge in [-0.1, -0.05) is 13.3 Å². The molecule has 6 nitrogen and oxygen atoms in total. The average molecular weight is 282 g/mol. The Hall–Kier alpha value is -1.82. The van der Waals surface area contributed by atoms with E-state index in [-0.39, 0.29) is 12.3 Å². The number of non-ortho nitro benzene ring substituents is 1. The van der Waals surface area contributed by atoms with Crippen LogP contribution in [0.5, 0.6) is 5.75 Å². The van der Waals surface area contributed by atoms with Crippen molar-refractivity contribution in [3.05, 3.63) is 28.3 Å². The summed E-state index contributed by atoms with van der Waals surface area (Å²) in [7, 11) is 1.48. The van der Waals surface area contributed by atoms with Crippen LogP contribution in [0.1, 0.15) is 26.2 Å².